The molecule has 6 heteroatoms. The van der Waals surface area contributed by atoms with Crippen LogP contribution < -0.4 is 4.90 Å². The zero-order valence-corrected chi connectivity index (χ0v) is 11.6. The Kier molecular flexibility index (Phi) is 3.80. The highest BCUT2D eigenvalue weighted by Crippen LogP contribution is 2.23. The molecule has 19 heavy (non-hydrogen) atoms. The van der Waals surface area contributed by atoms with Crippen LogP contribution >= 0.6 is 0 Å². The minimum atomic E-state index is -2.99. The molecule has 0 radical (unpaired) electrons. The number of aryl methyl sites for hydroxylation is 1. The Labute approximate surface area is 112 Å². The van der Waals surface area contributed by atoms with Gasteiger partial charge in [0.05, 0.1) is 22.8 Å². The van der Waals surface area contributed by atoms with Crippen LogP contribution in [-0.2, 0) is 9.84 Å². The van der Waals surface area contributed by atoms with Gasteiger partial charge in [-0.05, 0) is 25.5 Å². The topological polar surface area (TPSA) is 74.7 Å². The summed E-state index contributed by atoms with van der Waals surface area (Å²) < 4.78 is 23.2. The summed E-state index contributed by atoms with van der Waals surface area (Å²) in [6.45, 7) is 2.76. The molecule has 0 amide bonds. The maximum Gasteiger partial charge on any atom is 0.337 e. The van der Waals surface area contributed by atoms with E-state index in [1.54, 1.807) is 12.1 Å². The zero-order valence-electron chi connectivity index (χ0n) is 10.8. The van der Waals surface area contributed by atoms with Crippen LogP contribution in [-0.4, -0.2) is 44.1 Å². The van der Waals surface area contributed by atoms with E-state index < -0.39 is 15.8 Å². The minimum absolute atomic E-state index is 0.0833. The molecule has 0 bridgehead atoms. The van der Waals surface area contributed by atoms with Crippen molar-refractivity contribution in [1.82, 2.24) is 0 Å². The molecule has 5 nitrogen and oxygen atoms in total. The monoisotopic (exact) mass is 283 g/mol. The highest BCUT2D eigenvalue weighted by molar-refractivity contribution is 7.91. The van der Waals surface area contributed by atoms with E-state index in [9.17, 15) is 18.3 Å². The molecular formula is C13H17NO4S. The van der Waals surface area contributed by atoms with Gasteiger partial charge in [0.25, 0.3) is 0 Å². The average molecular weight is 283 g/mol. The van der Waals surface area contributed by atoms with Gasteiger partial charge in [-0.25, -0.2) is 13.2 Å². The molecule has 1 fully saturated rings. The van der Waals surface area contributed by atoms with Crippen molar-refractivity contribution in [3.05, 3.63) is 29.3 Å². The number of hydrogen-bond donors (Lipinski definition) is 1. The van der Waals surface area contributed by atoms with Crippen molar-refractivity contribution < 1.29 is 18.3 Å². The molecule has 1 heterocycles. The van der Waals surface area contributed by atoms with Crippen LogP contribution in [0.4, 0.5) is 5.69 Å². The van der Waals surface area contributed by atoms with E-state index in [1.165, 1.54) is 0 Å². The third kappa shape index (κ3) is 3.26. The van der Waals surface area contributed by atoms with E-state index in [0.29, 0.717) is 25.2 Å². The Morgan fingerprint density at radius 1 is 1.26 bits per heavy atom. The molecule has 0 atom stereocenters. The molecule has 1 aliphatic rings. The summed E-state index contributed by atoms with van der Waals surface area (Å²) in [6.07, 6.45) is 0.537. The van der Waals surface area contributed by atoms with Gasteiger partial charge in [-0.2, -0.15) is 0 Å². The highest BCUT2D eigenvalue weighted by atomic mass is 32.2. The van der Waals surface area contributed by atoms with Crippen molar-refractivity contribution in [2.45, 2.75) is 13.3 Å². The summed E-state index contributed by atoms with van der Waals surface area (Å²) in [6, 6.07) is 5.23. The molecular weight excluding hydrogens is 266 g/mol. The number of rotatable bonds is 2. The molecule has 2 rings (SSSR count). The van der Waals surface area contributed by atoms with E-state index >= 15 is 0 Å². The summed E-state index contributed by atoms with van der Waals surface area (Å²) in [5.41, 5.74) is 1.72. The maximum atomic E-state index is 11.6. The lowest BCUT2D eigenvalue weighted by molar-refractivity contribution is 0.0697. The van der Waals surface area contributed by atoms with Crippen molar-refractivity contribution in [1.29, 1.82) is 0 Å². The summed E-state index contributed by atoms with van der Waals surface area (Å²) in [5, 5.41) is 9.25. The Balaban J connectivity index is 2.34. The van der Waals surface area contributed by atoms with Gasteiger partial charge in [0.1, 0.15) is 0 Å². The SMILES string of the molecule is Cc1ccc(N2CCCS(=O)(=O)CC2)c(C(=O)O)c1. The van der Waals surface area contributed by atoms with E-state index in [1.807, 2.05) is 17.9 Å². The molecule has 1 aliphatic heterocycles. The molecule has 1 N–H and O–H groups in total. The quantitative estimate of drug-likeness (QED) is 0.886. The zero-order chi connectivity index (χ0) is 14.0. The first-order valence-corrected chi connectivity index (χ1v) is 8.00. The number of aromatic carboxylic acids is 1. The molecule has 0 aromatic heterocycles. The maximum absolute atomic E-state index is 11.6. The summed E-state index contributed by atoms with van der Waals surface area (Å²) in [4.78, 5) is 13.1. The van der Waals surface area contributed by atoms with Crippen LogP contribution in [0.5, 0.6) is 0 Å². The second-order valence-electron chi connectivity index (χ2n) is 4.82. The largest absolute Gasteiger partial charge is 0.478 e. The third-order valence-electron chi connectivity index (χ3n) is 3.28. The Morgan fingerprint density at radius 3 is 2.68 bits per heavy atom. The van der Waals surface area contributed by atoms with Gasteiger partial charge in [-0.3, -0.25) is 0 Å². The van der Waals surface area contributed by atoms with E-state index in [4.69, 9.17) is 0 Å². The van der Waals surface area contributed by atoms with Gasteiger partial charge < -0.3 is 10.0 Å². The van der Waals surface area contributed by atoms with Crippen LogP contribution in [0.15, 0.2) is 18.2 Å². The normalized spacial score (nSPS) is 18.9. The van der Waals surface area contributed by atoms with Crippen molar-refractivity contribution in [2.75, 3.05) is 29.5 Å². The number of benzene rings is 1. The lowest BCUT2D eigenvalue weighted by Crippen LogP contribution is -2.28. The smallest absolute Gasteiger partial charge is 0.337 e. The van der Waals surface area contributed by atoms with Gasteiger partial charge in [0.2, 0.25) is 0 Å². The van der Waals surface area contributed by atoms with Crippen molar-refractivity contribution in [3.63, 3.8) is 0 Å². The number of carbonyl (C=O) groups is 1. The van der Waals surface area contributed by atoms with Crippen molar-refractivity contribution in [3.8, 4) is 0 Å². The molecule has 0 spiro atoms. The van der Waals surface area contributed by atoms with Gasteiger partial charge >= 0.3 is 5.97 Å². The van der Waals surface area contributed by atoms with Crippen molar-refractivity contribution in [2.24, 2.45) is 0 Å². The average Bonchev–Trinajstić information content (AvgIpc) is 2.50. The molecule has 104 valence electrons. The molecule has 1 aromatic rings. The highest BCUT2D eigenvalue weighted by Gasteiger charge is 2.22. The van der Waals surface area contributed by atoms with Crippen LogP contribution in [0.2, 0.25) is 0 Å². The molecule has 1 saturated heterocycles. The fourth-order valence-electron chi connectivity index (χ4n) is 2.28. The van der Waals surface area contributed by atoms with Crippen LogP contribution in [0, 0.1) is 6.92 Å². The second kappa shape index (κ2) is 5.21. The Morgan fingerprint density at radius 2 is 2.00 bits per heavy atom. The van der Waals surface area contributed by atoms with Gasteiger partial charge in [0, 0.05) is 13.1 Å². The van der Waals surface area contributed by atoms with Crippen LogP contribution in [0.25, 0.3) is 0 Å². The van der Waals surface area contributed by atoms with Gasteiger partial charge in [-0.1, -0.05) is 11.6 Å². The Hall–Kier alpha value is -1.56. The number of hydrogen-bond acceptors (Lipinski definition) is 4. The third-order valence-corrected chi connectivity index (χ3v) is 4.99. The van der Waals surface area contributed by atoms with Crippen LogP contribution in [0.3, 0.4) is 0 Å². The number of nitrogens with zero attached hydrogens (tertiary/aromatic N) is 1. The molecule has 0 unspecified atom stereocenters. The minimum Gasteiger partial charge on any atom is -0.478 e. The first-order chi connectivity index (χ1) is 8.89. The molecule has 1 aromatic carbocycles. The van der Waals surface area contributed by atoms with Gasteiger partial charge in [-0.15, -0.1) is 0 Å². The summed E-state index contributed by atoms with van der Waals surface area (Å²) in [7, 11) is -2.99. The van der Waals surface area contributed by atoms with Crippen LogP contribution in [0.1, 0.15) is 22.3 Å². The number of carboxylic acid groups (broad SMARTS) is 1. The first kappa shape index (κ1) is 13.9. The number of anilines is 1. The van der Waals surface area contributed by atoms with Crippen molar-refractivity contribution >= 4 is 21.5 Å². The predicted octanol–water partition coefficient (Wildman–Crippen LogP) is 1.32. The lowest BCUT2D eigenvalue weighted by Gasteiger charge is -2.24. The fourth-order valence-corrected chi connectivity index (χ4v) is 3.55. The summed E-state index contributed by atoms with van der Waals surface area (Å²) in [5.74, 6) is -0.719. The van der Waals surface area contributed by atoms with Gasteiger partial charge in [0.15, 0.2) is 9.84 Å². The van der Waals surface area contributed by atoms with E-state index in [0.717, 1.165) is 5.56 Å². The molecule has 0 saturated carbocycles. The number of sulfone groups is 1. The standard InChI is InChI=1S/C13H17NO4S/c1-10-3-4-12(11(9-10)13(15)16)14-5-2-7-19(17,18)8-6-14/h3-4,9H,2,5-8H2,1H3,(H,15,16). The Bertz CT molecular complexity index is 595. The number of carboxylic acids is 1. The van der Waals surface area contributed by atoms with E-state index in [-0.39, 0.29) is 17.1 Å². The lowest BCUT2D eigenvalue weighted by atomic mass is 10.1. The fraction of sp³-hybridized carbons (Fsp3) is 0.462. The summed E-state index contributed by atoms with van der Waals surface area (Å²) >= 11 is 0. The molecule has 0 aliphatic carbocycles. The van der Waals surface area contributed by atoms with E-state index in [2.05, 4.69) is 0 Å². The second-order valence-corrected chi connectivity index (χ2v) is 7.12. The predicted molar refractivity (Wildman–Crippen MR) is 73.6 cm³/mol. The first-order valence-electron chi connectivity index (χ1n) is 6.18.